The average Bonchev–Trinajstić information content (AvgIpc) is 2.50. The summed E-state index contributed by atoms with van der Waals surface area (Å²) in [6.45, 7) is 7.93. The molecule has 0 aromatic carbocycles. The summed E-state index contributed by atoms with van der Waals surface area (Å²) in [6, 6.07) is 0. The molecule has 1 aliphatic heterocycles. The number of carbonyl (C=O) groups is 1. The third kappa shape index (κ3) is 1.00. The summed E-state index contributed by atoms with van der Waals surface area (Å²) in [5, 5.41) is 4.03. The largest absolute Gasteiger partial charge is 0.420 e. The molecule has 0 N–H and O–H groups in total. The maximum absolute atomic E-state index is 11.2. The van der Waals surface area contributed by atoms with E-state index in [1.54, 1.807) is 0 Å². The molecule has 2 saturated carbocycles. The summed E-state index contributed by atoms with van der Waals surface area (Å²) in [6.07, 6.45) is 0.787. The van der Waals surface area contributed by atoms with Crippen LogP contribution >= 0.6 is 0 Å². The van der Waals surface area contributed by atoms with Crippen LogP contribution in [0.25, 0.3) is 0 Å². The first-order valence-corrected chi connectivity index (χ1v) is 5.81. The highest BCUT2D eigenvalue weighted by Gasteiger charge is 2.77. The lowest BCUT2D eigenvalue weighted by atomic mass is 9.86. The van der Waals surface area contributed by atoms with E-state index in [2.05, 4.69) is 19.0 Å². The molecule has 0 amide bonds. The number of ether oxygens (including phenoxy) is 1. The summed E-state index contributed by atoms with van der Waals surface area (Å²) >= 11 is 0. The number of hydrogen-bond donors (Lipinski definition) is 0. The molecule has 4 nitrogen and oxygen atoms in total. The predicted molar refractivity (Wildman–Crippen MR) is 57.6 cm³/mol. The van der Waals surface area contributed by atoms with Gasteiger partial charge in [0.1, 0.15) is 0 Å². The SMILES string of the molecule is CC(=O)O[C@]12C[C@@H]3[C@H]([C@@H]1C(C)=NO2)C3(C)C. The van der Waals surface area contributed by atoms with Gasteiger partial charge in [0.05, 0.1) is 11.6 Å². The van der Waals surface area contributed by atoms with Gasteiger partial charge in [0.2, 0.25) is 0 Å². The number of oxime groups is 1. The topological polar surface area (TPSA) is 47.9 Å². The highest BCUT2D eigenvalue weighted by molar-refractivity contribution is 5.88. The summed E-state index contributed by atoms with van der Waals surface area (Å²) in [5.41, 5.74) is 1.32. The van der Waals surface area contributed by atoms with E-state index in [4.69, 9.17) is 9.57 Å². The number of carbonyl (C=O) groups excluding carboxylic acids is 1. The van der Waals surface area contributed by atoms with Crippen molar-refractivity contribution in [2.75, 3.05) is 0 Å². The molecular weight excluding hydrogens is 206 g/mol. The maximum atomic E-state index is 11.2. The summed E-state index contributed by atoms with van der Waals surface area (Å²) in [4.78, 5) is 16.6. The van der Waals surface area contributed by atoms with Gasteiger partial charge in [-0.05, 0) is 24.2 Å². The molecule has 0 radical (unpaired) electrons. The molecule has 0 aromatic heterocycles. The van der Waals surface area contributed by atoms with Crippen LogP contribution in [-0.4, -0.2) is 17.5 Å². The van der Waals surface area contributed by atoms with Gasteiger partial charge < -0.3 is 9.57 Å². The Kier molecular flexibility index (Phi) is 1.65. The summed E-state index contributed by atoms with van der Waals surface area (Å²) < 4.78 is 5.41. The smallest absolute Gasteiger partial charge is 0.305 e. The number of hydrogen-bond acceptors (Lipinski definition) is 4. The number of esters is 1. The van der Waals surface area contributed by atoms with Crippen molar-refractivity contribution < 1.29 is 14.4 Å². The summed E-state index contributed by atoms with van der Waals surface area (Å²) in [5.74, 6) is 0.256. The highest BCUT2D eigenvalue weighted by Crippen LogP contribution is 2.73. The van der Waals surface area contributed by atoms with Crippen molar-refractivity contribution in [1.29, 1.82) is 0 Å². The van der Waals surface area contributed by atoms with E-state index in [1.807, 2.05) is 6.92 Å². The lowest BCUT2D eigenvalue weighted by Crippen LogP contribution is -2.42. The van der Waals surface area contributed by atoms with Crippen LogP contribution in [0.1, 0.15) is 34.1 Å². The van der Waals surface area contributed by atoms with Crippen LogP contribution in [-0.2, 0) is 14.4 Å². The van der Waals surface area contributed by atoms with Crippen molar-refractivity contribution in [2.24, 2.45) is 28.3 Å². The Labute approximate surface area is 95.0 Å². The Bertz CT molecular complexity index is 401. The second-order valence-corrected chi connectivity index (χ2v) is 5.86. The fraction of sp³-hybridized carbons (Fsp3) is 0.833. The molecule has 0 saturated heterocycles. The van der Waals surface area contributed by atoms with Crippen molar-refractivity contribution in [2.45, 2.75) is 39.9 Å². The molecule has 4 atom stereocenters. The van der Waals surface area contributed by atoms with Crippen molar-refractivity contribution in [3.63, 3.8) is 0 Å². The monoisotopic (exact) mass is 223 g/mol. The maximum Gasteiger partial charge on any atom is 0.305 e. The lowest BCUT2D eigenvalue weighted by molar-refractivity contribution is -0.234. The molecular formula is C12H17NO3. The molecule has 1 heterocycles. The van der Waals surface area contributed by atoms with Crippen LogP contribution < -0.4 is 0 Å². The molecule has 3 rings (SSSR count). The third-order valence-electron chi connectivity index (χ3n) is 4.59. The van der Waals surface area contributed by atoms with Crippen LogP contribution in [0.15, 0.2) is 5.16 Å². The van der Waals surface area contributed by atoms with E-state index in [0.717, 1.165) is 12.1 Å². The Morgan fingerprint density at radius 3 is 2.88 bits per heavy atom. The van der Waals surface area contributed by atoms with Gasteiger partial charge in [-0.15, -0.1) is 0 Å². The number of fused-ring (bicyclic) bond motifs is 3. The minimum Gasteiger partial charge on any atom is -0.420 e. The van der Waals surface area contributed by atoms with Gasteiger partial charge in [-0.1, -0.05) is 19.0 Å². The van der Waals surface area contributed by atoms with Crippen molar-refractivity contribution >= 4 is 11.7 Å². The van der Waals surface area contributed by atoms with E-state index in [0.29, 0.717) is 17.3 Å². The number of rotatable bonds is 1. The highest BCUT2D eigenvalue weighted by atomic mass is 16.8. The van der Waals surface area contributed by atoms with Crippen molar-refractivity contribution in [3.8, 4) is 0 Å². The van der Waals surface area contributed by atoms with Crippen molar-refractivity contribution in [3.05, 3.63) is 0 Å². The van der Waals surface area contributed by atoms with E-state index >= 15 is 0 Å². The van der Waals surface area contributed by atoms with Gasteiger partial charge in [0.15, 0.2) is 0 Å². The number of nitrogens with zero attached hydrogens (tertiary/aromatic N) is 1. The minimum absolute atomic E-state index is 0.163. The average molecular weight is 223 g/mol. The molecule has 0 unspecified atom stereocenters. The summed E-state index contributed by atoms with van der Waals surface area (Å²) in [7, 11) is 0. The van der Waals surface area contributed by atoms with E-state index < -0.39 is 5.79 Å². The van der Waals surface area contributed by atoms with Crippen LogP contribution in [0.2, 0.25) is 0 Å². The van der Waals surface area contributed by atoms with Crippen molar-refractivity contribution in [1.82, 2.24) is 0 Å². The van der Waals surface area contributed by atoms with Gasteiger partial charge >= 0.3 is 5.97 Å². The predicted octanol–water partition coefficient (Wildman–Crippen LogP) is 1.94. The van der Waals surface area contributed by atoms with Gasteiger partial charge in [-0.25, -0.2) is 0 Å². The molecule has 3 aliphatic rings. The molecule has 88 valence electrons. The zero-order chi connectivity index (χ0) is 11.7. The van der Waals surface area contributed by atoms with E-state index in [1.165, 1.54) is 6.92 Å². The van der Waals surface area contributed by atoms with Crippen LogP contribution in [0, 0.1) is 23.2 Å². The molecule has 16 heavy (non-hydrogen) atoms. The zero-order valence-corrected chi connectivity index (χ0v) is 10.1. The Hall–Kier alpha value is -1.06. The molecule has 4 heteroatoms. The van der Waals surface area contributed by atoms with Gasteiger partial charge in [0, 0.05) is 13.3 Å². The fourth-order valence-corrected chi connectivity index (χ4v) is 3.79. The Balaban J connectivity index is 1.92. The van der Waals surface area contributed by atoms with Crippen LogP contribution in [0.5, 0.6) is 0 Å². The fourth-order valence-electron chi connectivity index (χ4n) is 3.79. The zero-order valence-electron chi connectivity index (χ0n) is 10.1. The third-order valence-corrected chi connectivity index (χ3v) is 4.59. The van der Waals surface area contributed by atoms with Gasteiger partial charge in [-0.2, -0.15) is 0 Å². The van der Waals surface area contributed by atoms with E-state index in [-0.39, 0.29) is 11.9 Å². The molecule has 0 bridgehead atoms. The molecule has 2 fully saturated rings. The van der Waals surface area contributed by atoms with Gasteiger partial charge in [-0.3, -0.25) is 4.79 Å². The minimum atomic E-state index is -0.777. The second kappa shape index (κ2) is 2.60. The Morgan fingerprint density at radius 1 is 1.56 bits per heavy atom. The molecule has 2 aliphatic carbocycles. The van der Waals surface area contributed by atoms with Crippen LogP contribution in [0.3, 0.4) is 0 Å². The standard InChI is InChI=1S/C12H17NO3/c1-6-9-10-8(11(10,3)4)5-12(9,16-13-6)15-7(2)14/h8-10H,5H2,1-4H3/t8-,9+,10-,12+/m1/s1. The lowest BCUT2D eigenvalue weighted by Gasteiger charge is -2.30. The quantitative estimate of drug-likeness (QED) is 0.638. The van der Waals surface area contributed by atoms with Crippen LogP contribution in [0.4, 0.5) is 0 Å². The molecule has 0 spiro atoms. The van der Waals surface area contributed by atoms with Gasteiger partial charge in [0.25, 0.3) is 5.79 Å². The first-order valence-electron chi connectivity index (χ1n) is 5.81. The first-order chi connectivity index (χ1) is 7.38. The first kappa shape index (κ1) is 10.1. The second-order valence-electron chi connectivity index (χ2n) is 5.86. The molecule has 0 aromatic rings. The normalized spacial score (nSPS) is 46.5. The van der Waals surface area contributed by atoms with E-state index in [9.17, 15) is 4.79 Å². The Morgan fingerprint density at radius 2 is 2.25 bits per heavy atom.